The number of thiazole rings is 1. The predicted molar refractivity (Wildman–Crippen MR) is 121 cm³/mol. The van der Waals surface area contributed by atoms with E-state index in [-0.39, 0.29) is 23.3 Å². The van der Waals surface area contributed by atoms with Gasteiger partial charge in [0.1, 0.15) is 5.75 Å². The highest BCUT2D eigenvalue weighted by atomic mass is 32.2. The van der Waals surface area contributed by atoms with Gasteiger partial charge in [-0.2, -0.15) is 4.31 Å². The third-order valence-corrected chi connectivity index (χ3v) is 8.57. The zero-order valence-corrected chi connectivity index (χ0v) is 19.8. The molecule has 2 atom stereocenters. The van der Waals surface area contributed by atoms with Gasteiger partial charge in [0.2, 0.25) is 15.9 Å². The fourth-order valence-corrected chi connectivity index (χ4v) is 6.40. The van der Waals surface area contributed by atoms with Crippen LogP contribution in [-0.2, 0) is 19.6 Å². The van der Waals surface area contributed by atoms with E-state index in [1.165, 1.54) is 21.7 Å². The molecule has 2 unspecified atom stereocenters. The number of rotatable bonds is 5. The zero-order valence-electron chi connectivity index (χ0n) is 18.2. The van der Waals surface area contributed by atoms with Crippen molar-refractivity contribution in [1.82, 2.24) is 9.29 Å². The summed E-state index contributed by atoms with van der Waals surface area (Å²) >= 11 is 1.34. The molecule has 1 fully saturated rings. The van der Waals surface area contributed by atoms with Gasteiger partial charge in [-0.05, 0) is 44.7 Å². The van der Waals surface area contributed by atoms with E-state index in [0.717, 1.165) is 5.69 Å². The van der Waals surface area contributed by atoms with Gasteiger partial charge < -0.3 is 15.4 Å². The van der Waals surface area contributed by atoms with Gasteiger partial charge in [-0.25, -0.2) is 13.4 Å². The molecule has 0 bridgehead atoms. The maximum Gasteiger partial charge on any atom is 0.265 e. The Kier molecular flexibility index (Phi) is 6.24. The first kappa shape index (κ1) is 22.7. The molecule has 0 aliphatic carbocycles. The van der Waals surface area contributed by atoms with Crippen LogP contribution in [0.2, 0.25) is 0 Å². The van der Waals surface area contributed by atoms with Gasteiger partial charge in [0.15, 0.2) is 11.2 Å². The molecule has 2 aliphatic rings. The van der Waals surface area contributed by atoms with Gasteiger partial charge in [-0.3, -0.25) is 9.59 Å². The van der Waals surface area contributed by atoms with Crippen LogP contribution < -0.4 is 15.4 Å². The van der Waals surface area contributed by atoms with Crippen molar-refractivity contribution in [2.24, 2.45) is 5.92 Å². The van der Waals surface area contributed by atoms with Crippen LogP contribution in [0.15, 0.2) is 22.4 Å². The molecule has 9 nitrogen and oxygen atoms in total. The fourth-order valence-electron chi connectivity index (χ4n) is 3.96. The summed E-state index contributed by atoms with van der Waals surface area (Å²) < 4.78 is 34.1. The second-order valence-electron chi connectivity index (χ2n) is 8.10. The largest absolute Gasteiger partial charge is 0.478 e. The molecule has 2 aliphatic heterocycles. The summed E-state index contributed by atoms with van der Waals surface area (Å²) in [6.07, 6.45) is 1.02. The molecule has 2 amide bonds. The van der Waals surface area contributed by atoms with E-state index >= 15 is 0 Å². The number of aromatic nitrogens is 1. The molecular formula is C21H26N4O5S2. The van der Waals surface area contributed by atoms with Gasteiger partial charge in [-0.15, -0.1) is 11.3 Å². The minimum Gasteiger partial charge on any atom is -0.478 e. The van der Waals surface area contributed by atoms with Crippen LogP contribution in [0.1, 0.15) is 37.4 Å². The summed E-state index contributed by atoms with van der Waals surface area (Å²) in [4.78, 5) is 29.1. The van der Waals surface area contributed by atoms with Gasteiger partial charge in [0.25, 0.3) is 5.91 Å². The van der Waals surface area contributed by atoms with Crippen LogP contribution in [-0.4, -0.2) is 48.7 Å². The highest BCUT2D eigenvalue weighted by molar-refractivity contribution is 7.89. The van der Waals surface area contributed by atoms with Crippen LogP contribution in [0.4, 0.5) is 10.8 Å². The number of nitrogens with zero attached hydrogens (tertiary/aromatic N) is 2. The van der Waals surface area contributed by atoms with Crippen LogP contribution in [0.5, 0.6) is 5.75 Å². The second-order valence-corrected chi connectivity index (χ2v) is 10.9. The van der Waals surface area contributed by atoms with Crippen molar-refractivity contribution in [2.75, 3.05) is 23.7 Å². The first-order valence-electron chi connectivity index (χ1n) is 10.5. The number of aryl methyl sites for hydroxylation is 2. The summed E-state index contributed by atoms with van der Waals surface area (Å²) in [5.41, 5.74) is 1.79. The fraction of sp³-hybridized carbons (Fsp3) is 0.476. The van der Waals surface area contributed by atoms with Crippen LogP contribution in [0, 0.1) is 19.8 Å². The number of hydrogen-bond donors (Lipinski definition) is 2. The van der Waals surface area contributed by atoms with E-state index in [1.807, 2.05) is 19.2 Å². The lowest BCUT2D eigenvalue weighted by molar-refractivity contribution is -0.123. The number of carbonyl (C=O) groups is 2. The van der Waals surface area contributed by atoms with Gasteiger partial charge in [0, 0.05) is 24.5 Å². The molecule has 172 valence electrons. The Balaban J connectivity index is 1.55. The van der Waals surface area contributed by atoms with Crippen molar-refractivity contribution in [2.45, 2.75) is 51.0 Å². The van der Waals surface area contributed by atoms with Crippen molar-refractivity contribution in [1.29, 1.82) is 0 Å². The van der Waals surface area contributed by atoms with E-state index in [2.05, 4.69) is 15.6 Å². The molecule has 1 aromatic carbocycles. The quantitative estimate of drug-likeness (QED) is 0.682. The molecule has 1 saturated heterocycles. The predicted octanol–water partition coefficient (Wildman–Crippen LogP) is 2.91. The molecule has 32 heavy (non-hydrogen) atoms. The molecule has 0 spiro atoms. The van der Waals surface area contributed by atoms with E-state index in [1.54, 1.807) is 13.0 Å². The highest BCUT2D eigenvalue weighted by Crippen LogP contribution is 2.36. The Morgan fingerprint density at radius 2 is 2.16 bits per heavy atom. The minimum absolute atomic E-state index is 0.101. The Morgan fingerprint density at radius 1 is 1.38 bits per heavy atom. The molecule has 11 heteroatoms. The second kappa shape index (κ2) is 8.80. The maximum atomic E-state index is 13.5. The SMILES string of the molecule is CCC1Oc2cc(S(=O)(=O)N3CCCC(C(=O)Nc4nc(C)cs4)C3)c(C)cc2NC1=O. The average molecular weight is 479 g/mol. The molecular weight excluding hydrogens is 452 g/mol. The lowest BCUT2D eigenvalue weighted by atomic mass is 9.99. The number of piperidine rings is 1. The zero-order chi connectivity index (χ0) is 23.0. The number of amides is 2. The molecule has 4 rings (SSSR count). The Labute approximate surface area is 191 Å². The summed E-state index contributed by atoms with van der Waals surface area (Å²) in [5.74, 6) is -0.583. The summed E-state index contributed by atoms with van der Waals surface area (Å²) in [6.45, 7) is 5.80. The number of nitrogens with one attached hydrogen (secondary N) is 2. The summed E-state index contributed by atoms with van der Waals surface area (Å²) in [5, 5.41) is 7.94. The third kappa shape index (κ3) is 4.37. The topological polar surface area (TPSA) is 118 Å². The highest BCUT2D eigenvalue weighted by Gasteiger charge is 2.36. The van der Waals surface area contributed by atoms with Crippen molar-refractivity contribution in [3.63, 3.8) is 0 Å². The van der Waals surface area contributed by atoms with Gasteiger partial charge >= 0.3 is 0 Å². The van der Waals surface area contributed by atoms with Crippen molar-refractivity contribution in [3.05, 3.63) is 28.8 Å². The monoisotopic (exact) mass is 478 g/mol. The molecule has 0 radical (unpaired) electrons. The Morgan fingerprint density at radius 3 is 2.84 bits per heavy atom. The van der Waals surface area contributed by atoms with E-state index in [4.69, 9.17) is 4.74 Å². The summed E-state index contributed by atoms with van der Waals surface area (Å²) in [6, 6.07) is 3.09. The number of benzene rings is 1. The third-order valence-electron chi connectivity index (χ3n) is 5.69. The lowest BCUT2D eigenvalue weighted by Gasteiger charge is -2.32. The van der Waals surface area contributed by atoms with Crippen LogP contribution in [0.25, 0.3) is 0 Å². The van der Waals surface area contributed by atoms with E-state index in [0.29, 0.717) is 47.9 Å². The average Bonchev–Trinajstić information content (AvgIpc) is 3.17. The molecule has 3 heterocycles. The van der Waals surface area contributed by atoms with Crippen LogP contribution in [0.3, 0.4) is 0 Å². The van der Waals surface area contributed by atoms with Crippen molar-refractivity contribution in [3.8, 4) is 5.75 Å². The lowest BCUT2D eigenvalue weighted by Crippen LogP contribution is -2.44. The van der Waals surface area contributed by atoms with Crippen LogP contribution >= 0.6 is 11.3 Å². The standard InChI is InChI=1S/C21H26N4O5S2/c1-4-16-20(27)23-15-8-12(2)18(9-17(15)30-16)32(28,29)25-7-5-6-14(10-25)19(26)24-21-22-13(3)11-31-21/h8-9,11,14,16H,4-7,10H2,1-3H3,(H,23,27)(H,22,24,26). The summed E-state index contributed by atoms with van der Waals surface area (Å²) in [7, 11) is -3.85. The van der Waals surface area contributed by atoms with Gasteiger partial charge in [0.05, 0.1) is 22.2 Å². The molecule has 2 aromatic rings. The first-order valence-corrected chi connectivity index (χ1v) is 12.9. The number of anilines is 2. The smallest absolute Gasteiger partial charge is 0.265 e. The number of carbonyl (C=O) groups excluding carboxylic acids is 2. The molecule has 0 saturated carbocycles. The minimum atomic E-state index is -3.85. The van der Waals surface area contributed by atoms with Gasteiger partial charge in [-0.1, -0.05) is 6.92 Å². The van der Waals surface area contributed by atoms with E-state index < -0.39 is 22.0 Å². The van der Waals surface area contributed by atoms with Crippen molar-refractivity contribution >= 4 is 44.0 Å². The molecule has 2 N–H and O–H groups in total. The Bertz CT molecular complexity index is 1160. The maximum absolute atomic E-state index is 13.5. The Hall–Kier alpha value is -2.50. The number of hydrogen-bond acceptors (Lipinski definition) is 7. The number of fused-ring (bicyclic) bond motifs is 1. The first-order chi connectivity index (χ1) is 15.2. The number of ether oxygens (including phenoxy) is 1. The van der Waals surface area contributed by atoms with E-state index in [9.17, 15) is 18.0 Å². The normalized spacial score (nSPS) is 21.4. The molecule has 1 aromatic heterocycles. The number of sulfonamides is 1. The van der Waals surface area contributed by atoms with Crippen molar-refractivity contribution < 1.29 is 22.7 Å².